The Kier molecular flexibility index (Phi) is 5.73. The van der Waals surface area contributed by atoms with Crippen molar-refractivity contribution in [2.75, 3.05) is 39.8 Å². The maximum absolute atomic E-state index is 13.1. The first-order valence-electron chi connectivity index (χ1n) is 9.90. The second kappa shape index (κ2) is 8.60. The van der Waals surface area contributed by atoms with Crippen LogP contribution in [-0.2, 0) is 0 Å². The monoisotopic (exact) mass is 408 g/mol. The summed E-state index contributed by atoms with van der Waals surface area (Å²) < 4.78 is 0. The Morgan fingerprint density at radius 1 is 1.20 bits per heavy atom. The van der Waals surface area contributed by atoms with E-state index >= 15 is 0 Å². The van der Waals surface area contributed by atoms with Gasteiger partial charge in [0.1, 0.15) is 0 Å². The van der Waals surface area contributed by atoms with E-state index in [0.29, 0.717) is 17.4 Å². The molecule has 1 unspecified atom stereocenters. The zero-order chi connectivity index (χ0) is 21.1. The van der Waals surface area contributed by atoms with Gasteiger partial charge in [0.2, 0.25) is 0 Å². The van der Waals surface area contributed by atoms with Crippen molar-refractivity contribution in [3.8, 4) is 0 Å². The van der Waals surface area contributed by atoms with E-state index in [1.54, 1.807) is 6.07 Å². The van der Waals surface area contributed by atoms with Crippen molar-refractivity contribution in [1.82, 2.24) is 25.3 Å². The lowest BCUT2D eigenvalue weighted by Gasteiger charge is -2.35. The van der Waals surface area contributed by atoms with Gasteiger partial charge in [0.15, 0.2) is 5.69 Å². The number of hydrogen-bond acceptors (Lipinski definition) is 6. The highest BCUT2D eigenvalue weighted by Crippen LogP contribution is 2.23. The standard InChI is InChI=1S/C21H24N6O3/c1-25-9-11-26(12-10-25)14-19(15-5-3-2-4-6-15)22-21(28)20-17-13-16(27(29)30)7-8-18(17)23-24-20/h2-8,13,19H,9-12,14H2,1H3,(H,22,28)(H,23,24). The van der Waals surface area contributed by atoms with Crippen LogP contribution in [0.25, 0.3) is 10.9 Å². The van der Waals surface area contributed by atoms with Crippen LogP contribution in [0.4, 0.5) is 5.69 Å². The number of hydrogen-bond donors (Lipinski definition) is 2. The van der Waals surface area contributed by atoms with E-state index in [9.17, 15) is 14.9 Å². The molecule has 1 amide bonds. The molecule has 9 heteroatoms. The van der Waals surface area contributed by atoms with Crippen LogP contribution in [0.1, 0.15) is 22.1 Å². The molecule has 0 saturated carbocycles. The molecule has 0 radical (unpaired) electrons. The third-order valence-electron chi connectivity index (χ3n) is 5.52. The molecule has 9 nitrogen and oxygen atoms in total. The third-order valence-corrected chi connectivity index (χ3v) is 5.52. The zero-order valence-corrected chi connectivity index (χ0v) is 16.7. The Morgan fingerprint density at radius 3 is 2.63 bits per heavy atom. The molecule has 4 rings (SSSR count). The summed E-state index contributed by atoms with van der Waals surface area (Å²) in [5, 5.41) is 21.6. The van der Waals surface area contributed by atoms with E-state index in [1.807, 2.05) is 30.3 Å². The number of rotatable bonds is 6. The number of nitrogens with one attached hydrogen (secondary N) is 2. The average molecular weight is 408 g/mol. The molecule has 1 fully saturated rings. The van der Waals surface area contributed by atoms with Crippen LogP contribution in [0.3, 0.4) is 0 Å². The van der Waals surface area contributed by atoms with Crippen molar-refractivity contribution in [3.05, 3.63) is 69.9 Å². The minimum Gasteiger partial charge on any atom is -0.343 e. The number of non-ortho nitro benzene ring substituents is 1. The second-order valence-corrected chi connectivity index (χ2v) is 7.60. The molecule has 1 aromatic heterocycles. The van der Waals surface area contributed by atoms with Gasteiger partial charge in [-0.05, 0) is 18.7 Å². The summed E-state index contributed by atoms with van der Waals surface area (Å²) in [5.41, 5.74) is 1.68. The number of nitro benzene ring substituents is 1. The molecular weight excluding hydrogens is 384 g/mol. The highest BCUT2D eigenvalue weighted by atomic mass is 16.6. The predicted octanol–water partition coefficient (Wildman–Crippen LogP) is 2.19. The SMILES string of the molecule is CN1CCN(CC(NC(=O)c2n[nH]c3ccc([N+](=O)[O-])cc23)c2ccccc2)CC1. The first kappa shape index (κ1) is 20.0. The van der Waals surface area contributed by atoms with Gasteiger partial charge in [-0.3, -0.25) is 24.9 Å². The molecule has 0 aliphatic carbocycles. The number of aromatic amines is 1. The summed E-state index contributed by atoms with van der Waals surface area (Å²) >= 11 is 0. The van der Waals surface area contributed by atoms with Gasteiger partial charge in [0, 0.05) is 50.2 Å². The Labute approximate surface area is 173 Å². The number of aromatic nitrogens is 2. The summed E-state index contributed by atoms with van der Waals surface area (Å²) in [6.45, 7) is 4.54. The van der Waals surface area contributed by atoms with Gasteiger partial charge in [0.25, 0.3) is 11.6 Å². The number of carbonyl (C=O) groups is 1. The van der Waals surface area contributed by atoms with Crippen LogP contribution in [0.5, 0.6) is 0 Å². The minimum atomic E-state index is -0.478. The fourth-order valence-corrected chi connectivity index (χ4v) is 3.72. The predicted molar refractivity (Wildman–Crippen MR) is 113 cm³/mol. The molecule has 1 aliphatic rings. The molecule has 2 N–H and O–H groups in total. The van der Waals surface area contributed by atoms with Crippen molar-refractivity contribution in [1.29, 1.82) is 0 Å². The van der Waals surface area contributed by atoms with Crippen LogP contribution in [0, 0.1) is 10.1 Å². The quantitative estimate of drug-likeness (QED) is 0.478. The molecule has 0 bridgehead atoms. The number of piperazine rings is 1. The molecule has 3 aromatic rings. The largest absolute Gasteiger partial charge is 0.343 e. The normalized spacial score (nSPS) is 16.4. The van der Waals surface area contributed by atoms with Gasteiger partial charge in [-0.15, -0.1) is 0 Å². The molecule has 2 aromatic carbocycles. The first-order chi connectivity index (χ1) is 14.5. The van der Waals surface area contributed by atoms with Crippen LogP contribution in [-0.4, -0.2) is 70.6 Å². The lowest BCUT2D eigenvalue weighted by atomic mass is 10.1. The topological polar surface area (TPSA) is 107 Å². The summed E-state index contributed by atoms with van der Waals surface area (Å²) in [5.74, 6) is -0.357. The van der Waals surface area contributed by atoms with Crippen molar-refractivity contribution in [3.63, 3.8) is 0 Å². The maximum atomic E-state index is 13.1. The van der Waals surface area contributed by atoms with Crippen LogP contribution >= 0.6 is 0 Å². The number of amides is 1. The van der Waals surface area contributed by atoms with Crippen LogP contribution < -0.4 is 5.32 Å². The summed E-state index contributed by atoms with van der Waals surface area (Å²) in [7, 11) is 2.11. The molecule has 1 aliphatic heterocycles. The lowest BCUT2D eigenvalue weighted by molar-refractivity contribution is -0.384. The van der Waals surface area contributed by atoms with Gasteiger partial charge in [0.05, 0.1) is 16.5 Å². The van der Waals surface area contributed by atoms with Gasteiger partial charge >= 0.3 is 0 Å². The number of nitro groups is 1. The molecule has 1 atom stereocenters. The molecule has 1 saturated heterocycles. The molecule has 2 heterocycles. The van der Waals surface area contributed by atoms with E-state index in [4.69, 9.17) is 0 Å². The van der Waals surface area contributed by atoms with Crippen LogP contribution in [0.15, 0.2) is 48.5 Å². The molecule has 30 heavy (non-hydrogen) atoms. The van der Waals surface area contributed by atoms with Gasteiger partial charge in [-0.25, -0.2) is 0 Å². The third kappa shape index (κ3) is 4.32. The number of benzene rings is 2. The minimum absolute atomic E-state index is 0.0741. The molecule has 0 spiro atoms. The second-order valence-electron chi connectivity index (χ2n) is 7.60. The van der Waals surface area contributed by atoms with Crippen molar-refractivity contribution >= 4 is 22.5 Å². The average Bonchev–Trinajstić information content (AvgIpc) is 3.19. The van der Waals surface area contributed by atoms with Gasteiger partial charge < -0.3 is 10.2 Å². The highest BCUT2D eigenvalue weighted by Gasteiger charge is 2.24. The van der Waals surface area contributed by atoms with Crippen LogP contribution in [0.2, 0.25) is 0 Å². The number of nitrogens with zero attached hydrogens (tertiary/aromatic N) is 4. The fourth-order valence-electron chi connectivity index (χ4n) is 3.72. The van der Waals surface area contributed by atoms with Crippen molar-refractivity contribution < 1.29 is 9.72 Å². The van der Waals surface area contributed by atoms with E-state index < -0.39 is 4.92 Å². The van der Waals surface area contributed by atoms with Gasteiger partial charge in [-0.2, -0.15) is 5.10 Å². The van der Waals surface area contributed by atoms with E-state index in [0.717, 1.165) is 31.7 Å². The first-order valence-corrected chi connectivity index (χ1v) is 9.90. The van der Waals surface area contributed by atoms with Crippen molar-refractivity contribution in [2.45, 2.75) is 6.04 Å². The van der Waals surface area contributed by atoms with E-state index in [-0.39, 0.29) is 23.3 Å². The van der Waals surface area contributed by atoms with E-state index in [2.05, 4.69) is 32.4 Å². The summed E-state index contributed by atoms with van der Waals surface area (Å²) in [4.78, 5) is 28.4. The number of carbonyl (C=O) groups excluding carboxylic acids is 1. The lowest BCUT2D eigenvalue weighted by Crippen LogP contribution is -2.47. The zero-order valence-electron chi connectivity index (χ0n) is 16.7. The summed E-state index contributed by atoms with van der Waals surface area (Å²) in [6.07, 6.45) is 0. The Bertz CT molecular complexity index is 1040. The maximum Gasteiger partial charge on any atom is 0.272 e. The molecular formula is C21H24N6O3. The smallest absolute Gasteiger partial charge is 0.272 e. The fraction of sp³-hybridized carbons (Fsp3) is 0.333. The Morgan fingerprint density at radius 2 is 1.93 bits per heavy atom. The number of H-pyrrole nitrogens is 1. The Hall–Kier alpha value is -3.30. The number of fused-ring (bicyclic) bond motifs is 1. The highest BCUT2D eigenvalue weighted by molar-refractivity contribution is 6.05. The van der Waals surface area contributed by atoms with Gasteiger partial charge in [-0.1, -0.05) is 30.3 Å². The number of likely N-dealkylation sites (N-methyl/N-ethyl adjacent to an activating group) is 1. The van der Waals surface area contributed by atoms with Crippen molar-refractivity contribution in [2.24, 2.45) is 0 Å². The molecule has 156 valence electrons. The summed E-state index contributed by atoms with van der Waals surface area (Å²) in [6, 6.07) is 14.0. The van der Waals surface area contributed by atoms with E-state index in [1.165, 1.54) is 12.1 Å². The Balaban J connectivity index is 1.58.